The molecule has 1 saturated heterocycles. The third-order valence-corrected chi connectivity index (χ3v) is 4.55. The quantitative estimate of drug-likeness (QED) is 0.804. The van der Waals surface area contributed by atoms with E-state index >= 15 is 0 Å². The predicted octanol–water partition coefficient (Wildman–Crippen LogP) is 3.40. The second kappa shape index (κ2) is 5.67. The van der Waals surface area contributed by atoms with Gasteiger partial charge in [-0.1, -0.05) is 6.07 Å². The lowest BCUT2D eigenvalue weighted by molar-refractivity contribution is -0.117. The van der Waals surface area contributed by atoms with Gasteiger partial charge in [-0.15, -0.1) is 0 Å². The number of carbonyl (C=O) groups is 1. The van der Waals surface area contributed by atoms with Crippen LogP contribution in [0.1, 0.15) is 23.7 Å². The molecule has 0 saturated carbocycles. The number of hydrogen-bond acceptors (Lipinski definition) is 3. The second-order valence-electron chi connectivity index (χ2n) is 6.25. The fourth-order valence-corrected chi connectivity index (χ4v) is 3.24. The number of aryl methyl sites for hydroxylation is 1. The Labute approximate surface area is 140 Å². The van der Waals surface area contributed by atoms with Crippen molar-refractivity contribution in [1.29, 1.82) is 0 Å². The number of imidazole rings is 1. The van der Waals surface area contributed by atoms with Gasteiger partial charge < -0.3 is 14.6 Å². The van der Waals surface area contributed by atoms with Crippen LogP contribution in [0.4, 0.5) is 5.69 Å². The fourth-order valence-electron chi connectivity index (χ4n) is 3.24. The van der Waals surface area contributed by atoms with E-state index in [4.69, 9.17) is 4.74 Å². The molecule has 5 nitrogen and oxygen atoms in total. The van der Waals surface area contributed by atoms with Crippen molar-refractivity contribution in [2.45, 2.75) is 19.3 Å². The topological polar surface area (TPSA) is 58.2 Å². The molecule has 0 aliphatic carbocycles. The van der Waals surface area contributed by atoms with Crippen LogP contribution in [0.5, 0.6) is 5.75 Å². The molecule has 1 fully saturated rings. The van der Waals surface area contributed by atoms with E-state index in [1.54, 1.807) is 7.11 Å². The van der Waals surface area contributed by atoms with Crippen molar-refractivity contribution < 1.29 is 9.53 Å². The smallest absolute Gasteiger partial charge is 0.227 e. The number of aromatic nitrogens is 2. The van der Waals surface area contributed by atoms with Crippen LogP contribution in [0, 0.1) is 6.92 Å². The van der Waals surface area contributed by atoms with Gasteiger partial charge in [0.15, 0.2) is 0 Å². The monoisotopic (exact) mass is 321 g/mol. The summed E-state index contributed by atoms with van der Waals surface area (Å²) in [5, 5.41) is 0. The Bertz CT molecular complexity index is 899. The molecule has 3 aromatic rings. The average Bonchev–Trinajstić information content (AvgIpc) is 3.18. The Morgan fingerprint density at radius 3 is 2.75 bits per heavy atom. The molecule has 0 radical (unpaired) electrons. The van der Waals surface area contributed by atoms with Crippen molar-refractivity contribution in [2.75, 3.05) is 18.6 Å². The lowest BCUT2D eigenvalue weighted by Crippen LogP contribution is -2.24. The van der Waals surface area contributed by atoms with Gasteiger partial charge in [0.25, 0.3) is 0 Å². The van der Waals surface area contributed by atoms with E-state index in [0.717, 1.165) is 28.3 Å². The van der Waals surface area contributed by atoms with E-state index in [0.29, 0.717) is 13.0 Å². The first-order valence-electron chi connectivity index (χ1n) is 8.05. The molecule has 2 aromatic carbocycles. The largest absolute Gasteiger partial charge is 0.497 e. The summed E-state index contributed by atoms with van der Waals surface area (Å²) in [5.41, 5.74) is 4.07. The van der Waals surface area contributed by atoms with Crippen LogP contribution < -0.4 is 9.64 Å². The zero-order valence-corrected chi connectivity index (χ0v) is 13.7. The van der Waals surface area contributed by atoms with E-state index in [-0.39, 0.29) is 11.8 Å². The summed E-state index contributed by atoms with van der Waals surface area (Å²) in [5.74, 6) is 1.89. The van der Waals surface area contributed by atoms with Crippen molar-refractivity contribution >= 4 is 22.6 Å². The van der Waals surface area contributed by atoms with Crippen LogP contribution in [0.25, 0.3) is 11.0 Å². The number of fused-ring (bicyclic) bond motifs is 1. The van der Waals surface area contributed by atoms with E-state index in [1.165, 1.54) is 5.56 Å². The number of rotatable bonds is 3. The van der Waals surface area contributed by atoms with E-state index in [2.05, 4.69) is 29.0 Å². The zero-order chi connectivity index (χ0) is 16.7. The summed E-state index contributed by atoms with van der Waals surface area (Å²) in [4.78, 5) is 22.3. The summed E-state index contributed by atoms with van der Waals surface area (Å²) >= 11 is 0. The Hall–Kier alpha value is -2.82. The molecule has 1 aliphatic rings. The van der Waals surface area contributed by atoms with Gasteiger partial charge in [-0.2, -0.15) is 0 Å². The maximum absolute atomic E-state index is 12.4. The maximum Gasteiger partial charge on any atom is 0.227 e. The molecule has 0 spiro atoms. The summed E-state index contributed by atoms with van der Waals surface area (Å²) in [6.45, 7) is 2.70. The zero-order valence-electron chi connectivity index (χ0n) is 13.7. The van der Waals surface area contributed by atoms with Gasteiger partial charge in [-0.05, 0) is 48.9 Å². The predicted molar refractivity (Wildman–Crippen MR) is 93.5 cm³/mol. The molecule has 1 N–H and O–H groups in total. The molecule has 122 valence electrons. The van der Waals surface area contributed by atoms with Gasteiger partial charge in [0.2, 0.25) is 5.91 Å². The highest BCUT2D eigenvalue weighted by atomic mass is 16.5. The number of H-pyrrole nitrogens is 1. The van der Waals surface area contributed by atoms with Crippen LogP contribution in [0.15, 0.2) is 42.5 Å². The highest BCUT2D eigenvalue weighted by molar-refractivity contribution is 5.96. The Balaban J connectivity index is 1.60. The number of benzene rings is 2. The number of amides is 1. The summed E-state index contributed by atoms with van der Waals surface area (Å²) in [7, 11) is 1.63. The number of nitrogens with zero attached hydrogens (tertiary/aromatic N) is 2. The van der Waals surface area contributed by atoms with Gasteiger partial charge in [0, 0.05) is 24.6 Å². The molecular formula is C19H19N3O2. The van der Waals surface area contributed by atoms with Gasteiger partial charge in [-0.25, -0.2) is 4.98 Å². The molecule has 5 heteroatoms. The van der Waals surface area contributed by atoms with Crippen molar-refractivity contribution in [3.63, 3.8) is 0 Å². The van der Waals surface area contributed by atoms with Crippen molar-refractivity contribution in [3.8, 4) is 5.75 Å². The van der Waals surface area contributed by atoms with Crippen molar-refractivity contribution in [3.05, 3.63) is 53.9 Å². The van der Waals surface area contributed by atoms with Gasteiger partial charge >= 0.3 is 0 Å². The minimum Gasteiger partial charge on any atom is -0.497 e. The molecule has 2 heterocycles. The van der Waals surface area contributed by atoms with Gasteiger partial charge in [0.05, 0.1) is 18.1 Å². The average molecular weight is 321 g/mol. The lowest BCUT2D eigenvalue weighted by Gasteiger charge is -2.16. The molecule has 1 amide bonds. The highest BCUT2D eigenvalue weighted by Gasteiger charge is 2.33. The van der Waals surface area contributed by atoms with Crippen LogP contribution in [-0.4, -0.2) is 29.5 Å². The van der Waals surface area contributed by atoms with E-state index < -0.39 is 0 Å². The second-order valence-corrected chi connectivity index (χ2v) is 6.25. The van der Waals surface area contributed by atoms with Gasteiger partial charge in [0.1, 0.15) is 11.6 Å². The minimum absolute atomic E-state index is 0.0901. The first-order chi connectivity index (χ1) is 11.6. The third kappa shape index (κ3) is 2.52. The normalized spacial score (nSPS) is 17.7. The summed E-state index contributed by atoms with van der Waals surface area (Å²) < 4.78 is 5.17. The summed E-state index contributed by atoms with van der Waals surface area (Å²) in [6.07, 6.45) is 0.477. The maximum atomic E-state index is 12.4. The van der Waals surface area contributed by atoms with Crippen LogP contribution >= 0.6 is 0 Å². The van der Waals surface area contributed by atoms with E-state index in [1.807, 2.05) is 35.2 Å². The highest BCUT2D eigenvalue weighted by Crippen LogP contribution is 2.32. The number of methoxy groups -OCH3 is 1. The number of anilines is 1. The Morgan fingerprint density at radius 2 is 2.00 bits per heavy atom. The minimum atomic E-state index is 0.0901. The number of ether oxygens (including phenoxy) is 1. The number of carbonyl (C=O) groups excluding carboxylic acids is 1. The Kier molecular flexibility index (Phi) is 3.49. The third-order valence-electron chi connectivity index (χ3n) is 4.55. The molecule has 1 aliphatic heterocycles. The molecule has 4 rings (SSSR count). The molecule has 0 unspecified atom stereocenters. The van der Waals surface area contributed by atoms with Crippen molar-refractivity contribution in [1.82, 2.24) is 9.97 Å². The standard InChI is InChI=1S/C19H19N3O2/c1-12-3-8-16-17(9-12)21-19(20-16)13-10-18(23)22(11-13)14-4-6-15(24-2)7-5-14/h3-9,13H,10-11H2,1-2H3,(H,20,21)/t13-/m0/s1. The van der Waals surface area contributed by atoms with Crippen LogP contribution in [0.2, 0.25) is 0 Å². The number of hydrogen-bond donors (Lipinski definition) is 1. The number of aromatic amines is 1. The SMILES string of the molecule is COc1ccc(N2C[C@@H](c3nc4ccc(C)cc4[nH]3)CC2=O)cc1. The first kappa shape index (κ1) is 14.8. The van der Waals surface area contributed by atoms with Crippen LogP contribution in [0.3, 0.4) is 0 Å². The Morgan fingerprint density at radius 1 is 1.21 bits per heavy atom. The molecule has 1 atom stereocenters. The van der Waals surface area contributed by atoms with Crippen LogP contribution in [-0.2, 0) is 4.79 Å². The molecule has 24 heavy (non-hydrogen) atoms. The molecule has 0 bridgehead atoms. The fraction of sp³-hybridized carbons (Fsp3) is 0.263. The molecule has 1 aromatic heterocycles. The van der Waals surface area contributed by atoms with E-state index in [9.17, 15) is 4.79 Å². The van der Waals surface area contributed by atoms with Crippen molar-refractivity contribution in [2.24, 2.45) is 0 Å². The van der Waals surface area contributed by atoms with Gasteiger partial charge in [-0.3, -0.25) is 4.79 Å². The lowest BCUT2D eigenvalue weighted by atomic mass is 10.1. The first-order valence-corrected chi connectivity index (χ1v) is 8.05. The summed E-state index contributed by atoms with van der Waals surface area (Å²) in [6, 6.07) is 13.7. The number of nitrogens with one attached hydrogen (secondary N) is 1. The molecular weight excluding hydrogens is 302 g/mol.